The Morgan fingerprint density at radius 2 is 2.07 bits per heavy atom. The number of alkyl halides is 3. The van der Waals surface area contributed by atoms with Crippen molar-refractivity contribution >= 4 is 11.9 Å². The minimum Gasteiger partial charge on any atom is -0.475 e. The lowest BCUT2D eigenvalue weighted by Crippen LogP contribution is -2.31. The monoisotopic (exact) mass is 403 g/mol. The Kier molecular flexibility index (Phi) is 5.36. The minimum absolute atomic E-state index is 0.0362. The second kappa shape index (κ2) is 7.58. The van der Waals surface area contributed by atoms with Crippen molar-refractivity contribution in [1.29, 1.82) is 0 Å². The number of carboxylic acids is 1. The summed E-state index contributed by atoms with van der Waals surface area (Å²) in [5, 5.41) is 17.5. The number of carboxylic acid groups (broad SMARTS) is 1. The highest BCUT2D eigenvalue weighted by Gasteiger charge is 2.48. The lowest BCUT2D eigenvalue weighted by molar-refractivity contribution is -0.192. The number of rotatable bonds is 2. The van der Waals surface area contributed by atoms with Crippen LogP contribution in [0.4, 0.5) is 13.2 Å². The third kappa shape index (κ3) is 4.13. The highest BCUT2D eigenvalue weighted by atomic mass is 19.4. The van der Waals surface area contributed by atoms with Gasteiger partial charge in [-0.05, 0) is 13.0 Å². The predicted octanol–water partition coefficient (Wildman–Crippen LogP) is 0.989. The lowest BCUT2D eigenvalue weighted by Gasteiger charge is -2.17. The van der Waals surface area contributed by atoms with Gasteiger partial charge in [-0.3, -0.25) is 9.89 Å². The maximum absolute atomic E-state index is 12.3. The fourth-order valence-electron chi connectivity index (χ4n) is 3.14. The minimum atomic E-state index is -5.08. The van der Waals surface area contributed by atoms with Gasteiger partial charge in [0.15, 0.2) is 5.82 Å². The quantitative estimate of drug-likeness (QED) is 0.758. The molecule has 2 N–H and O–H groups in total. The standard InChI is InChI=1S/C13H15N5O3.C2HF3O2/c1-7-15-12(21-17-7)9-6-20-11-5-18(4-8(9)11)13(19)10-2-3-14-16-10;3-2(4,5)1(6)7/h2-3,8-9,11H,4-6H2,1H3,(H,14,16);(H,6,7)/t8-,9+,11-;/m1./s1. The number of fused-ring (bicyclic) bond motifs is 1. The Hall–Kier alpha value is -2.96. The Morgan fingerprint density at radius 1 is 1.36 bits per heavy atom. The van der Waals surface area contributed by atoms with Gasteiger partial charge in [-0.25, -0.2) is 4.79 Å². The number of hydrogen-bond acceptors (Lipinski definition) is 7. The number of halogens is 3. The van der Waals surface area contributed by atoms with E-state index in [1.54, 1.807) is 24.1 Å². The van der Waals surface area contributed by atoms with Crippen molar-refractivity contribution in [2.45, 2.75) is 25.1 Å². The van der Waals surface area contributed by atoms with E-state index >= 15 is 0 Å². The molecule has 0 unspecified atom stereocenters. The van der Waals surface area contributed by atoms with Crippen molar-refractivity contribution in [2.75, 3.05) is 19.7 Å². The van der Waals surface area contributed by atoms with E-state index in [0.717, 1.165) is 0 Å². The zero-order valence-electron chi connectivity index (χ0n) is 14.5. The van der Waals surface area contributed by atoms with Crippen molar-refractivity contribution in [3.05, 3.63) is 29.7 Å². The van der Waals surface area contributed by atoms with Crippen LogP contribution in [0.5, 0.6) is 0 Å². The smallest absolute Gasteiger partial charge is 0.475 e. The van der Waals surface area contributed by atoms with E-state index in [9.17, 15) is 18.0 Å². The SMILES string of the molecule is Cc1noc([C@H]2CO[C@@H]3CN(C(=O)c4ccn[nH]4)C[C@H]23)n1.O=C(O)C(F)(F)F. The Labute approximate surface area is 155 Å². The van der Waals surface area contributed by atoms with Crippen LogP contribution in [0, 0.1) is 12.8 Å². The second-order valence-corrected chi connectivity index (χ2v) is 6.31. The number of likely N-dealkylation sites (tertiary alicyclic amines) is 1. The molecule has 10 nitrogen and oxygen atoms in total. The third-order valence-electron chi connectivity index (χ3n) is 4.44. The van der Waals surface area contributed by atoms with Gasteiger partial charge in [0.1, 0.15) is 5.69 Å². The molecular formula is C15H16F3N5O5. The van der Waals surface area contributed by atoms with Gasteiger partial charge in [-0.15, -0.1) is 0 Å². The Morgan fingerprint density at radius 3 is 2.61 bits per heavy atom. The van der Waals surface area contributed by atoms with E-state index in [4.69, 9.17) is 19.2 Å². The summed E-state index contributed by atoms with van der Waals surface area (Å²) >= 11 is 0. The van der Waals surface area contributed by atoms with Gasteiger partial charge >= 0.3 is 12.1 Å². The molecule has 3 atom stereocenters. The third-order valence-corrected chi connectivity index (χ3v) is 4.44. The van der Waals surface area contributed by atoms with Crippen LogP contribution in [0.1, 0.15) is 28.1 Å². The summed E-state index contributed by atoms with van der Waals surface area (Å²) in [7, 11) is 0. The van der Waals surface area contributed by atoms with Gasteiger partial charge < -0.3 is 19.3 Å². The number of aromatic nitrogens is 4. The first-order valence-corrected chi connectivity index (χ1v) is 8.17. The summed E-state index contributed by atoms with van der Waals surface area (Å²) in [4.78, 5) is 27.3. The summed E-state index contributed by atoms with van der Waals surface area (Å²) in [5.41, 5.74) is 0.500. The van der Waals surface area contributed by atoms with Crippen molar-refractivity contribution in [3.63, 3.8) is 0 Å². The molecule has 28 heavy (non-hydrogen) atoms. The van der Waals surface area contributed by atoms with Crippen LogP contribution < -0.4 is 0 Å². The number of carbonyl (C=O) groups is 2. The molecule has 152 valence electrons. The van der Waals surface area contributed by atoms with E-state index < -0.39 is 12.1 Å². The Balaban J connectivity index is 0.000000279. The number of nitrogens with zero attached hydrogens (tertiary/aromatic N) is 4. The largest absolute Gasteiger partial charge is 0.490 e. The molecular weight excluding hydrogens is 387 g/mol. The number of H-pyrrole nitrogens is 1. The van der Waals surface area contributed by atoms with Crippen molar-refractivity contribution in [2.24, 2.45) is 5.92 Å². The summed E-state index contributed by atoms with van der Waals surface area (Å²) in [6.07, 6.45) is -3.47. The first-order chi connectivity index (χ1) is 13.2. The van der Waals surface area contributed by atoms with E-state index in [1.807, 2.05) is 0 Å². The van der Waals surface area contributed by atoms with Crippen molar-refractivity contribution in [3.8, 4) is 0 Å². The van der Waals surface area contributed by atoms with Gasteiger partial charge in [0.05, 0.1) is 18.6 Å². The second-order valence-electron chi connectivity index (χ2n) is 6.31. The fourth-order valence-corrected chi connectivity index (χ4v) is 3.14. The van der Waals surface area contributed by atoms with Crippen molar-refractivity contribution < 1.29 is 37.1 Å². The zero-order valence-corrected chi connectivity index (χ0v) is 14.5. The van der Waals surface area contributed by atoms with Crippen LogP contribution in [0.25, 0.3) is 0 Å². The number of hydrogen-bond donors (Lipinski definition) is 2. The molecule has 2 saturated heterocycles. The number of amides is 1. The molecule has 0 bridgehead atoms. The molecule has 2 aliphatic rings. The molecule has 2 aliphatic heterocycles. The summed E-state index contributed by atoms with van der Waals surface area (Å²) in [6.45, 7) is 3.59. The molecule has 2 aromatic heterocycles. The average Bonchev–Trinajstić information content (AvgIpc) is 3.38. The molecule has 0 spiro atoms. The summed E-state index contributed by atoms with van der Waals surface area (Å²) in [5.74, 6) is -1.31. The summed E-state index contributed by atoms with van der Waals surface area (Å²) < 4.78 is 42.8. The topological polar surface area (TPSA) is 134 Å². The van der Waals surface area contributed by atoms with Crippen LogP contribution >= 0.6 is 0 Å². The molecule has 0 saturated carbocycles. The normalized spacial score (nSPS) is 23.9. The number of aromatic amines is 1. The molecule has 2 fully saturated rings. The van der Waals surface area contributed by atoms with Crippen molar-refractivity contribution in [1.82, 2.24) is 25.2 Å². The number of ether oxygens (including phenoxy) is 1. The zero-order chi connectivity index (χ0) is 20.5. The molecule has 4 heterocycles. The van der Waals surface area contributed by atoms with E-state index in [1.165, 1.54) is 0 Å². The van der Waals surface area contributed by atoms with Crippen LogP contribution in [-0.2, 0) is 9.53 Å². The molecule has 13 heteroatoms. The van der Waals surface area contributed by atoms with Gasteiger partial charge in [0.2, 0.25) is 5.89 Å². The van der Waals surface area contributed by atoms with E-state index in [0.29, 0.717) is 37.1 Å². The van der Waals surface area contributed by atoms with Gasteiger partial charge in [-0.1, -0.05) is 5.16 Å². The molecule has 4 rings (SSSR count). The first kappa shape index (κ1) is 19.8. The van der Waals surface area contributed by atoms with Crippen LogP contribution in [0.3, 0.4) is 0 Å². The maximum atomic E-state index is 12.3. The molecule has 0 aliphatic carbocycles. The molecule has 0 aromatic carbocycles. The van der Waals surface area contributed by atoms with E-state index in [2.05, 4.69) is 20.3 Å². The predicted molar refractivity (Wildman–Crippen MR) is 83.2 cm³/mol. The highest BCUT2D eigenvalue weighted by molar-refractivity contribution is 5.92. The first-order valence-electron chi connectivity index (χ1n) is 8.17. The van der Waals surface area contributed by atoms with Crippen LogP contribution in [-0.4, -0.2) is 74.2 Å². The number of aryl methyl sites for hydroxylation is 1. The fraction of sp³-hybridized carbons (Fsp3) is 0.533. The molecule has 0 radical (unpaired) electrons. The molecule has 2 aromatic rings. The number of nitrogens with one attached hydrogen (secondary N) is 1. The Bertz CT molecular complexity index is 837. The highest BCUT2D eigenvalue weighted by Crippen LogP contribution is 2.39. The van der Waals surface area contributed by atoms with Crippen LogP contribution in [0.2, 0.25) is 0 Å². The van der Waals surface area contributed by atoms with Crippen LogP contribution in [0.15, 0.2) is 16.8 Å². The molecule has 1 amide bonds. The number of carbonyl (C=O) groups excluding carboxylic acids is 1. The lowest BCUT2D eigenvalue weighted by atomic mass is 9.93. The van der Waals surface area contributed by atoms with Gasteiger partial charge in [0, 0.05) is 25.2 Å². The maximum Gasteiger partial charge on any atom is 0.490 e. The number of aliphatic carboxylic acids is 1. The summed E-state index contributed by atoms with van der Waals surface area (Å²) in [6, 6.07) is 1.68. The van der Waals surface area contributed by atoms with Gasteiger partial charge in [-0.2, -0.15) is 23.3 Å². The average molecular weight is 403 g/mol. The van der Waals surface area contributed by atoms with E-state index in [-0.39, 0.29) is 23.8 Å². The van der Waals surface area contributed by atoms with Gasteiger partial charge in [0.25, 0.3) is 5.91 Å².